The van der Waals surface area contributed by atoms with E-state index in [0.717, 1.165) is 34.5 Å². The van der Waals surface area contributed by atoms with Crippen LogP contribution in [0.15, 0.2) is 54.7 Å². The van der Waals surface area contributed by atoms with Crippen molar-refractivity contribution in [2.24, 2.45) is 7.05 Å². The number of aryl methyl sites for hydroxylation is 1. The van der Waals surface area contributed by atoms with Crippen LogP contribution >= 0.6 is 11.8 Å². The number of benzene rings is 2. The Bertz CT molecular complexity index is 2700. The molecule has 0 bridgehead atoms. The number of anilines is 1. The molecule has 0 saturated carbocycles. The third-order valence-electron chi connectivity index (χ3n) is 10.7. The molecule has 10 N–H and O–H groups in total. The van der Waals surface area contributed by atoms with E-state index >= 15 is 0 Å². The predicted molar refractivity (Wildman–Crippen MR) is 253 cm³/mol. The molecule has 12 amide bonds. The van der Waals surface area contributed by atoms with E-state index < -0.39 is 127 Å². The standard InChI is InChI=1S/C45H51N11O14S/c1-23(45(69)70)51-37(63)20-49-35(61)18-47-33(59)16-46-34(60)17-48-36(62)19-50-41(65)29(52-24(2)57)22-71-31-15-38(64)56(44(31)68)14-6-9-32(58)53-26-12-10-25(11-13-26)39-40(43(67)54-42(39)66)28-21-55(3)30-8-5-4-7-27(28)30/h4-5,7-8,10-13,21,23,29,31H,6,9,14-20,22H2,1-3H3,(H,46,60)(H,47,59)(H,48,62)(H,49,61)(H,50,65)(H,51,63)(H,52,57)(H,53,58)(H,69,70)(H,54,66,67). The lowest BCUT2D eigenvalue weighted by Gasteiger charge is -2.19. The fraction of sp³-hybridized carbons (Fsp3) is 0.356. The van der Waals surface area contributed by atoms with Crippen molar-refractivity contribution in [3.05, 3.63) is 65.9 Å². The summed E-state index contributed by atoms with van der Waals surface area (Å²) in [5.74, 6) is -9.31. The van der Waals surface area contributed by atoms with E-state index in [1.807, 2.05) is 35.9 Å². The first-order valence-corrected chi connectivity index (χ1v) is 22.9. The molecule has 1 aromatic heterocycles. The molecule has 1 saturated heterocycles. The van der Waals surface area contributed by atoms with Gasteiger partial charge in [0.1, 0.15) is 12.1 Å². The Labute approximate surface area is 408 Å². The van der Waals surface area contributed by atoms with Gasteiger partial charge in [0.25, 0.3) is 11.8 Å². The third kappa shape index (κ3) is 15.0. The highest BCUT2D eigenvalue weighted by Gasteiger charge is 2.39. The first-order valence-electron chi connectivity index (χ1n) is 21.9. The molecular formula is C45H51N11O14S. The smallest absolute Gasteiger partial charge is 0.325 e. The Kier molecular flexibility index (Phi) is 18.7. The van der Waals surface area contributed by atoms with Gasteiger partial charge in [0, 0.05) is 67.5 Å². The molecule has 3 unspecified atom stereocenters. The molecular weight excluding hydrogens is 951 g/mol. The van der Waals surface area contributed by atoms with Crippen molar-refractivity contribution in [2.75, 3.05) is 50.3 Å². The summed E-state index contributed by atoms with van der Waals surface area (Å²) in [5, 5.41) is 29.5. The number of nitrogens with zero attached hydrogens (tertiary/aromatic N) is 2. The molecule has 26 heteroatoms. The van der Waals surface area contributed by atoms with Crippen LogP contribution in [0.25, 0.3) is 22.0 Å². The SMILES string of the molecule is CC(=O)NC(CSC1CC(=O)N(CCCC(=O)Nc2ccc(C3=C(c4cn(C)c5ccccc45)C(=O)NC3=O)cc2)C1=O)C(=O)NCC(=O)NCC(=O)NCC(=O)NCC(=O)NCC(=O)NC(C)C(=O)O. The minimum Gasteiger partial charge on any atom is -0.480 e. The van der Waals surface area contributed by atoms with Crippen LogP contribution in [0.3, 0.4) is 0 Å². The van der Waals surface area contributed by atoms with Crippen molar-refractivity contribution in [1.29, 1.82) is 0 Å². The highest BCUT2D eigenvalue weighted by Crippen LogP contribution is 2.36. The second-order valence-corrected chi connectivity index (χ2v) is 17.3. The van der Waals surface area contributed by atoms with Gasteiger partial charge in [-0.3, -0.25) is 72.5 Å². The van der Waals surface area contributed by atoms with Crippen LogP contribution in [-0.4, -0.2) is 154 Å². The number of likely N-dealkylation sites (tertiary alicyclic amines) is 1. The molecule has 1 fully saturated rings. The molecule has 3 heterocycles. The molecule has 376 valence electrons. The average Bonchev–Trinajstić information content (AvgIpc) is 3.92. The maximum absolute atomic E-state index is 13.2. The summed E-state index contributed by atoms with van der Waals surface area (Å²) in [6.07, 6.45) is 1.66. The normalized spacial score (nSPS) is 15.1. The number of amides is 12. The fourth-order valence-corrected chi connectivity index (χ4v) is 8.33. The summed E-state index contributed by atoms with van der Waals surface area (Å²) in [4.78, 5) is 162. The number of hydrogen-bond acceptors (Lipinski definition) is 14. The minimum absolute atomic E-state index is 0.0587. The molecule has 0 spiro atoms. The van der Waals surface area contributed by atoms with Gasteiger partial charge in [0.15, 0.2) is 0 Å². The molecule has 0 aliphatic carbocycles. The number of para-hydroxylation sites is 1. The molecule has 0 radical (unpaired) electrons. The first kappa shape index (κ1) is 53.5. The summed E-state index contributed by atoms with van der Waals surface area (Å²) >= 11 is 0.940. The fourth-order valence-electron chi connectivity index (χ4n) is 7.14. The quantitative estimate of drug-likeness (QED) is 0.0400. The van der Waals surface area contributed by atoms with Crippen LogP contribution in [0.4, 0.5) is 5.69 Å². The van der Waals surface area contributed by atoms with Gasteiger partial charge < -0.3 is 52.2 Å². The van der Waals surface area contributed by atoms with Crippen LogP contribution in [0.5, 0.6) is 0 Å². The predicted octanol–water partition coefficient (Wildman–Crippen LogP) is -3.00. The molecule has 2 aliphatic rings. The molecule has 3 atom stereocenters. The van der Waals surface area contributed by atoms with Gasteiger partial charge in [-0.05, 0) is 37.1 Å². The van der Waals surface area contributed by atoms with Crippen molar-refractivity contribution < 1.29 is 67.4 Å². The number of carboxylic acid groups (broad SMARTS) is 1. The number of imide groups is 2. The average molecular weight is 1000 g/mol. The van der Waals surface area contributed by atoms with E-state index in [1.165, 1.54) is 6.92 Å². The van der Waals surface area contributed by atoms with Crippen LogP contribution < -0.4 is 47.9 Å². The summed E-state index contributed by atoms with van der Waals surface area (Å²) in [6, 6.07) is 11.5. The Morgan fingerprint density at radius 2 is 1.30 bits per heavy atom. The summed E-state index contributed by atoms with van der Waals surface area (Å²) in [5.41, 5.74) is 2.80. The number of aliphatic carboxylic acids is 1. The molecule has 2 aromatic carbocycles. The van der Waals surface area contributed by atoms with Gasteiger partial charge in [-0.15, -0.1) is 11.8 Å². The molecule has 71 heavy (non-hydrogen) atoms. The highest BCUT2D eigenvalue weighted by atomic mass is 32.2. The molecule has 2 aliphatic heterocycles. The van der Waals surface area contributed by atoms with Gasteiger partial charge in [0.05, 0.1) is 49.1 Å². The van der Waals surface area contributed by atoms with Crippen LogP contribution in [-0.2, 0) is 69.4 Å². The Morgan fingerprint density at radius 3 is 1.89 bits per heavy atom. The minimum atomic E-state index is -1.27. The number of carboxylic acids is 1. The second kappa shape index (κ2) is 24.7. The lowest BCUT2D eigenvalue weighted by molar-refractivity contribution is -0.141. The van der Waals surface area contributed by atoms with E-state index in [0.29, 0.717) is 16.8 Å². The maximum atomic E-state index is 13.2. The maximum Gasteiger partial charge on any atom is 0.325 e. The van der Waals surface area contributed by atoms with Crippen molar-refractivity contribution >= 4 is 116 Å². The number of fused-ring (bicyclic) bond motifs is 1. The van der Waals surface area contributed by atoms with Gasteiger partial charge >= 0.3 is 5.97 Å². The van der Waals surface area contributed by atoms with Crippen LogP contribution in [0.1, 0.15) is 44.2 Å². The van der Waals surface area contributed by atoms with E-state index in [-0.39, 0.29) is 42.7 Å². The van der Waals surface area contributed by atoms with Gasteiger partial charge in [-0.2, -0.15) is 0 Å². The summed E-state index contributed by atoms with van der Waals surface area (Å²) in [7, 11) is 1.84. The number of thioether (sulfide) groups is 1. The van der Waals surface area contributed by atoms with Crippen molar-refractivity contribution in [1.82, 2.24) is 52.0 Å². The summed E-state index contributed by atoms with van der Waals surface area (Å²) < 4.78 is 1.87. The topological polar surface area (TPSA) is 359 Å². The molecule has 25 nitrogen and oxygen atoms in total. The lowest BCUT2D eigenvalue weighted by atomic mass is 9.96. The monoisotopic (exact) mass is 1000 g/mol. The second-order valence-electron chi connectivity index (χ2n) is 16.0. The third-order valence-corrected chi connectivity index (χ3v) is 12.0. The van der Waals surface area contributed by atoms with Crippen molar-refractivity contribution in [3.8, 4) is 0 Å². The number of hydrogen-bond donors (Lipinski definition) is 10. The summed E-state index contributed by atoms with van der Waals surface area (Å²) in [6.45, 7) is -0.615. The zero-order valence-corrected chi connectivity index (χ0v) is 39.4. The number of nitrogens with one attached hydrogen (secondary N) is 9. The van der Waals surface area contributed by atoms with Gasteiger partial charge in [-0.1, -0.05) is 30.3 Å². The van der Waals surface area contributed by atoms with Gasteiger partial charge in [0.2, 0.25) is 59.1 Å². The Balaban J connectivity index is 0.996. The Hall–Kier alpha value is -8.42. The van der Waals surface area contributed by atoms with Crippen LogP contribution in [0.2, 0.25) is 0 Å². The van der Waals surface area contributed by atoms with Gasteiger partial charge in [-0.25, -0.2) is 0 Å². The molecule has 3 aromatic rings. The van der Waals surface area contributed by atoms with Crippen molar-refractivity contribution in [3.63, 3.8) is 0 Å². The number of carbonyl (C=O) groups is 13. The number of carbonyl (C=O) groups excluding carboxylic acids is 12. The van der Waals surface area contributed by atoms with Crippen molar-refractivity contribution in [2.45, 2.75) is 50.4 Å². The van der Waals surface area contributed by atoms with E-state index in [4.69, 9.17) is 5.11 Å². The largest absolute Gasteiger partial charge is 0.480 e. The zero-order valence-electron chi connectivity index (χ0n) is 38.6. The molecule has 5 rings (SSSR count). The van der Waals surface area contributed by atoms with E-state index in [1.54, 1.807) is 30.5 Å². The number of rotatable bonds is 24. The van der Waals surface area contributed by atoms with E-state index in [2.05, 4.69) is 47.9 Å². The van der Waals surface area contributed by atoms with Crippen LogP contribution in [0, 0.1) is 0 Å². The Morgan fingerprint density at radius 1 is 0.732 bits per heavy atom. The number of aromatic nitrogens is 1. The van der Waals surface area contributed by atoms with E-state index in [9.17, 15) is 62.3 Å². The zero-order chi connectivity index (χ0) is 51.9. The highest BCUT2D eigenvalue weighted by molar-refractivity contribution is 8.00. The first-order chi connectivity index (χ1) is 33.7. The lowest BCUT2D eigenvalue weighted by Crippen LogP contribution is -2.51.